The zero-order chi connectivity index (χ0) is 3.41. The van der Waals surface area contributed by atoms with Crippen molar-refractivity contribution in [3.8, 4) is 0 Å². The summed E-state index contributed by atoms with van der Waals surface area (Å²) >= 11 is 0. The molecule has 0 aliphatic heterocycles. The van der Waals surface area contributed by atoms with E-state index in [2.05, 4.69) is 4.43 Å². The fourth-order valence-electron chi connectivity index (χ4n) is 0. The molecule has 0 atom stereocenters. The van der Waals surface area contributed by atoms with Crippen molar-refractivity contribution in [3.63, 3.8) is 0 Å². The topological polar surface area (TPSA) is 9.23 Å². The summed E-state index contributed by atoms with van der Waals surface area (Å²) in [5.74, 6) is 0. The van der Waals surface area contributed by atoms with Crippen molar-refractivity contribution in [2.45, 2.75) is 6.92 Å². The van der Waals surface area contributed by atoms with Crippen molar-refractivity contribution >= 4 is 40.0 Å². The molecule has 3 heteroatoms. The van der Waals surface area contributed by atoms with Crippen LogP contribution in [0.15, 0.2) is 0 Å². The van der Waals surface area contributed by atoms with E-state index in [1.807, 2.05) is 6.92 Å². The molecule has 0 rings (SSSR count). The van der Waals surface area contributed by atoms with Crippen molar-refractivity contribution in [3.05, 3.63) is 0 Å². The van der Waals surface area contributed by atoms with Crippen molar-refractivity contribution in [1.82, 2.24) is 0 Å². The summed E-state index contributed by atoms with van der Waals surface area (Å²) in [6.45, 7) is 2.87. The van der Waals surface area contributed by atoms with E-state index in [1.165, 1.54) is 0 Å². The van der Waals surface area contributed by atoms with Crippen LogP contribution in [0.4, 0.5) is 0 Å². The van der Waals surface area contributed by atoms with Gasteiger partial charge in [0.05, 0.1) is 0 Å². The van der Waals surface area contributed by atoms with Crippen LogP contribution in [0.2, 0.25) is 0 Å². The largest absolute Gasteiger partial charge is 0.428 e. The molecule has 0 aliphatic carbocycles. The van der Waals surface area contributed by atoms with Crippen molar-refractivity contribution in [2.24, 2.45) is 0 Å². The Morgan fingerprint density at radius 1 is 1.80 bits per heavy atom. The second-order valence-electron chi connectivity index (χ2n) is 0.577. The quantitative estimate of drug-likeness (QED) is 0.380. The maximum Gasteiger partial charge on any atom is 0.145 e. The van der Waals surface area contributed by atoms with Gasteiger partial charge in [0.1, 0.15) is 10.5 Å². The smallest absolute Gasteiger partial charge is 0.145 e. The Bertz CT molecular complexity index is 11.6. The third-order valence-corrected chi connectivity index (χ3v) is 0.866. The molecule has 0 heterocycles. The minimum atomic E-state index is 0. The first-order valence-corrected chi connectivity index (χ1v) is 2.22. The summed E-state index contributed by atoms with van der Waals surface area (Å²) in [6.07, 6.45) is 0. The molecule has 0 saturated heterocycles. The van der Waals surface area contributed by atoms with Gasteiger partial charge in [-0.15, -0.1) is 0 Å². The van der Waals surface area contributed by atoms with Gasteiger partial charge in [-0.1, -0.05) is 0 Å². The maximum absolute atomic E-state index is 4.68. The summed E-state index contributed by atoms with van der Waals surface area (Å²) in [5, 5.41) is 0. The number of hydrogen-bond acceptors (Lipinski definition) is 1. The molecule has 0 spiro atoms. The van der Waals surface area contributed by atoms with Gasteiger partial charge in [0, 0.05) is 36.2 Å². The van der Waals surface area contributed by atoms with Crippen LogP contribution in [0, 0.1) is 0 Å². The molecule has 1 nitrogen and oxygen atoms in total. The van der Waals surface area contributed by atoms with E-state index in [1.54, 1.807) is 0 Å². The van der Waals surface area contributed by atoms with Crippen LogP contribution in [0.3, 0.4) is 0 Å². The fraction of sp³-hybridized carbons (Fsp3) is 1.00. The van der Waals surface area contributed by atoms with Gasteiger partial charge in [0.25, 0.3) is 0 Å². The predicted octanol–water partition coefficient (Wildman–Crippen LogP) is -1.08. The Labute approximate surface area is 57.9 Å². The van der Waals surface area contributed by atoms with Gasteiger partial charge in [-0.05, 0) is 6.92 Å². The average Bonchev–Trinajstić information content (AvgIpc) is 1.37. The zero-order valence-corrected chi connectivity index (χ0v) is 8.12. The van der Waals surface area contributed by atoms with Crippen molar-refractivity contribution < 1.29 is 4.43 Å². The van der Waals surface area contributed by atoms with Crippen LogP contribution < -0.4 is 0 Å². The van der Waals surface area contributed by atoms with Crippen LogP contribution in [0.5, 0.6) is 0 Å². The molecule has 0 N–H and O–H groups in total. The Morgan fingerprint density at radius 3 is 2.00 bits per heavy atom. The van der Waals surface area contributed by atoms with Crippen LogP contribution in [0.25, 0.3) is 0 Å². The van der Waals surface area contributed by atoms with Gasteiger partial charge < -0.3 is 4.43 Å². The van der Waals surface area contributed by atoms with E-state index in [0.29, 0.717) is 0 Å². The Kier molecular flexibility index (Phi) is 17.0. The molecule has 5 heavy (non-hydrogen) atoms. The zero-order valence-electron chi connectivity index (χ0n) is 4.12. The van der Waals surface area contributed by atoms with Gasteiger partial charge in [-0.25, -0.2) is 0 Å². The molecule has 0 saturated carbocycles. The standard InChI is InChI=1S/C2H8OSi.Na/c1-2-3-4;/h2H2,1,4H3;. The van der Waals surface area contributed by atoms with Gasteiger partial charge in [0.2, 0.25) is 0 Å². The van der Waals surface area contributed by atoms with E-state index < -0.39 is 0 Å². The van der Waals surface area contributed by atoms with E-state index in [-0.39, 0.29) is 29.6 Å². The minimum Gasteiger partial charge on any atom is -0.428 e. The molecule has 0 aliphatic rings. The van der Waals surface area contributed by atoms with Crippen LogP contribution in [0.1, 0.15) is 6.92 Å². The van der Waals surface area contributed by atoms with E-state index >= 15 is 0 Å². The molecule has 0 bridgehead atoms. The van der Waals surface area contributed by atoms with E-state index in [0.717, 1.165) is 17.1 Å². The first-order chi connectivity index (χ1) is 1.91. The third kappa shape index (κ3) is 11.0. The van der Waals surface area contributed by atoms with Gasteiger partial charge in [-0.3, -0.25) is 0 Å². The molecule has 0 fully saturated rings. The van der Waals surface area contributed by atoms with Crippen molar-refractivity contribution in [2.75, 3.05) is 6.61 Å². The number of hydrogen-bond donors (Lipinski definition) is 0. The van der Waals surface area contributed by atoms with E-state index in [9.17, 15) is 0 Å². The second-order valence-corrected chi connectivity index (χ2v) is 1.15. The molecule has 1 radical (unpaired) electrons. The summed E-state index contributed by atoms with van der Waals surface area (Å²) in [7, 11) is 0.890. The predicted molar refractivity (Wildman–Crippen MR) is 27.3 cm³/mol. The molecular formula is C2H8NaOSi. The van der Waals surface area contributed by atoms with E-state index in [4.69, 9.17) is 0 Å². The summed E-state index contributed by atoms with van der Waals surface area (Å²) in [6, 6.07) is 0. The monoisotopic (exact) mass is 99.0 g/mol. The third-order valence-electron chi connectivity index (χ3n) is 0.289. The van der Waals surface area contributed by atoms with Crippen LogP contribution >= 0.6 is 0 Å². The fourth-order valence-corrected chi connectivity index (χ4v) is 0. The summed E-state index contributed by atoms with van der Waals surface area (Å²) in [4.78, 5) is 0. The maximum atomic E-state index is 4.68. The summed E-state index contributed by atoms with van der Waals surface area (Å²) in [5.41, 5.74) is 0. The molecule has 0 aromatic carbocycles. The normalized spacial score (nSPS) is 6.60. The Morgan fingerprint density at radius 2 is 2.00 bits per heavy atom. The first kappa shape index (κ1) is 9.49. The molecule has 0 aromatic rings. The SMILES string of the molecule is CCO[SiH3].[Na]. The molecule has 0 aromatic heterocycles. The second kappa shape index (κ2) is 8.95. The van der Waals surface area contributed by atoms with Gasteiger partial charge >= 0.3 is 0 Å². The van der Waals surface area contributed by atoms with Crippen molar-refractivity contribution in [1.29, 1.82) is 0 Å². The molecule has 0 amide bonds. The molecule has 27 valence electrons. The van der Waals surface area contributed by atoms with Crippen LogP contribution in [-0.4, -0.2) is 46.7 Å². The molecular weight excluding hydrogens is 91.1 g/mol. The number of rotatable bonds is 1. The summed E-state index contributed by atoms with van der Waals surface area (Å²) < 4.78 is 4.68. The van der Waals surface area contributed by atoms with Crippen LogP contribution in [-0.2, 0) is 4.43 Å². The Balaban J connectivity index is 0. The minimum absolute atomic E-state index is 0. The average molecular weight is 99.2 g/mol. The van der Waals surface area contributed by atoms with Gasteiger partial charge in [-0.2, -0.15) is 0 Å². The Hall–Kier alpha value is 1.18. The van der Waals surface area contributed by atoms with Gasteiger partial charge in [0.15, 0.2) is 0 Å². The first-order valence-electron chi connectivity index (χ1n) is 1.40. The molecule has 0 unspecified atom stereocenters.